The maximum absolute atomic E-state index is 13.1. The van der Waals surface area contributed by atoms with Crippen molar-refractivity contribution in [2.45, 2.75) is 32.1 Å². The van der Waals surface area contributed by atoms with Crippen molar-refractivity contribution < 1.29 is 29.1 Å². The van der Waals surface area contributed by atoms with Gasteiger partial charge in [-0.05, 0) is 48.9 Å². The van der Waals surface area contributed by atoms with Crippen molar-refractivity contribution in [1.29, 1.82) is 0 Å². The third kappa shape index (κ3) is 6.62. The van der Waals surface area contributed by atoms with Crippen molar-refractivity contribution in [3.8, 4) is 5.75 Å². The summed E-state index contributed by atoms with van der Waals surface area (Å²) in [5.41, 5.74) is 4.56. The van der Waals surface area contributed by atoms with Crippen LogP contribution in [0.3, 0.4) is 0 Å². The van der Waals surface area contributed by atoms with E-state index >= 15 is 0 Å². The second kappa shape index (κ2) is 12.1. The van der Waals surface area contributed by atoms with Crippen LogP contribution >= 0.6 is 0 Å². The number of carbonyl (C=O) groups is 3. The molecule has 0 aliphatic carbocycles. The van der Waals surface area contributed by atoms with Crippen LogP contribution in [0, 0.1) is 6.92 Å². The molecule has 0 radical (unpaired) electrons. The molecule has 0 bridgehead atoms. The number of pyridine rings is 1. The van der Waals surface area contributed by atoms with Gasteiger partial charge in [0.2, 0.25) is 5.91 Å². The highest BCUT2D eigenvalue weighted by Crippen LogP contribution is 2.27. The number of carbonyl (C=O) groups excluding carboxylic acids is 3. The number of likely N-dealkylation sites (tertiary alicyclic amines) is 1. The van der Waals surface area contributed by atoms with E-state index in [1.165, 1.54) is 4.90 Å². The van der Waals surface area contributed by atoms with Gasteiger partial charge in [-0.25, -0.2) is 10.3 Å². The first kappa shape index (κ1) is 27.6. The van der Waals surface area contributed by atoms with Crippen molar-refractivity contribution in [1.82, 2.24) is 20.7 Å². The van der Waals surface area contributed by atoms with Crippen LogP contribution < -0.4 is 15.5 Å². The summed E-state index contributed by atoms with van der Waals surface area (Å²) >= 11 is 0. The average Bonchev–Trinajstić information content (AvgIpc) is 2.97. The molecule has 3 aromatic carbocycles. The Morgan fingerprint density at radius 3 is 2.39 bits per heavy atom. The minimum Gasteiger partial charge on any atom is -0.489 e. The first-order valence-electron chi connectivity index (χ1n) is 13.1. The van der Waals surface area contributed by atoms with Gasteiger partial charge in [0.25, 0.3) is 5.91 Å². The molecule has 1 aliphatic rings. The number of hydrogen-bond donors (Lipinski definition) is 3. The lowest BCUT2D eigenvalue weighted by molar-refractivity contribution is -0.132. The van der Waals surface area contributed by atoms with Crippen LogP contribution in [-0.2, 0) is 22.7 Å². The Balaban J connectivity index is 1.19. The number of hydrogen-bond acceptors (Lipinski definition) is 7. The van der Waals surface area contributed by atoms with Gasteiger partial charge < -0.3 is 19.7 Å². The van der Waals surface area contributed by atoms with E-state index < -0.39 is 23.4 Å². The number of amides is 3. The zero-order chi connectivity index (χ0) is 28.8. The fourth-order valence-corrected chi connectivity index (χ4v) is 4.90. The van der Waals surface area contributed by atoms with Crippen LogP contribution in [-0.4, -0.2) is 51.6 Å². The van der Waals surface area contributed by atoms with Crippen LogP contribution in [0.25, 0.3) is 10.9 Å². The number of para-hydroxylation sites is 1. The molecule has 1 fully saturated rings. The molecule has 1 aliphatic heterocycles. The summed E-state index contributed by atoms with van der Waals surface area (Å²) in [4.78, 5) is 43.6. The fraction of sp³-hybridized carbons (Fsp3) is 0.226. The second-order valence-corrected chi connectivity index (χ2v) is 10.1. The molecule has 10 nitrogen and oxygen atoms in total. The second-order valence-electron chi connectivity index (χ2n) is 10.1. The van der Waals surface area contributed by atoms with Crippen molar-refractivity contribution >= 4 is 28.8 Å². The lowest BCUT2D eigenvalue weighted by Crippen LogP contribution is -2.72. The summed E-state index contributed by atoms with van der Waals surface area (Å²) in [5.74, 6) is -0.508. The Morgan fingerprint density at radius 1 is 0.951 bits per heavy atom. The van der Waals surface area contributed by atoms with Crippen LogP contribution in [0.2, 0.25) is 0 Å². The fourth-order valence-electron chi connectivity index (χ4n) is 4.90. The van der Waals surface area contributed by atoms with Crippen molar-refractivity contribution in [3.63, 3.8) is 0 Å². The highest BCUT2D eigenvalue weighted by molar-refractivity contribution is 5.95. The van der Waals surface area contributed by atoms with E-state index in [4.69, 9.17) is 14.7 Å². The van der Waals surface area contributed by atoms with E-state index in [0.29, 0.717) is 17.9 Å². The average molecular weight is 555 g/mol. The molecule has 1 aromatic heterocycles. The summed E-state index contributed by atoms with van der Waals surface area (Å²) in [6.07, 6.45) is -0.764. The molecule has 0 saturated carbocycles. The SMILES string of the molecule is Cc1cc(COc2ccc(C(=O)NC3(CC(=O)NO)CN(C(=O)OCc4ccccc4)C3)cc2)c2ccccc2n1. The predicted octanol–water partition coefficient (Wildman–Crippen LogP) is 4.14. The predicted molar refractivity (Wildman–Crippen MR) is 150 cm³/mol. The molecule has 3 N–H and O–H groups in total. The molecular weight excluding hydrogens is 524 g/mol. The summed E-state index contributed by atoms with van der Waals surface area (Å²) < 4.78 is 11.3. The summed E-state index contributed by atoms with van der Waals surface area (Å²) in [5, 5.41) is 12.9. The van der Waals surface area contributed by atoms with Crippen molar-refractivity contribution in [2.24, 2.45) is 0 Å². The summed E-state index contributed by atoms with van der Waals surface area (Å²) in [7, 11) is 0. The van der Waals surface area contributed by atoms with Crippen molar-refractivity contribution in [3.05, 3.63) is 107 Å². The number of aromatic nitrogens is 1. The zero-order valence-electron chi connectivity index (χ0n) is 22.5. The Labute approximate surface area is 236 Å². The van der Waals surface area contributed by atoms with Gasteiger partial charge in [-0.3, -0.25) is 19.8 Å². The van der Waals surface area contributed by atoms with Gasteiger partial charge in [0.05, 0.1) is 17.5 Å². The maximum atomic E-state index is 13.1. The number of rotatable bonds is 9. The first-order valence-corrected chi connectivity index (χ1v) is 13.1. The number of nitrogens with one attached hydrogen (secondary N) is 2. The number of aryl methyl sites for hydroxylation is 1. The Bertz CT molecular complexity index is 1550. The third-order valence-corrected chi connectivity index (χ3v) is 6.89. The maximum Gasteiger partial charge on any atom is 0.410 e. The van der Waals surface area contributed by atoms with Crippen LogP contribution in [0.5, 0.6) is 5.75 Å². The normalized spacial score (nSPS) is 13.7. The van der Waals surface area contributed by atoms with E-state index in [1.54, 1.807) is 29.7 Å². The molecular formula is C31H30N4O6. The Morgan fingerprint density at radius 2 is 1.66 bits per heavy atom. The number of hydroxylamine groups is 1. The van der Waals surface area contributed by atoms with Gasteiger partial charge in [0.15, 0.2) is 0 Å². The van der Waals surface area contributed by atoms with Crippen LogP contribution in [0.1, 0.15) is 33.6 Å². The molecule has 2 heterocycles. The van der Waals surface area contributed by atoms with Gasteiger partial charge in [0.1, 0.15) is 19.0 Å². The monoisotopic (exact) mass is 554 g/mol. The number of fused-ring (bicyclic) bond motifs is 1. The van der Waals surface area contributed by atoms with Crippen LogP contribution in [0.15, 0.2) is 84.9 Å². The molecule has 0 unspecified atom stereocenters. The quantitative estimate of drug-likeness (QED) is 0.209. The minimum absolute atomic E-state index is 0.0558. The van der Waals surface area contributed by atoms with Gasteiger partial charge in [-0.2, -0.15) is 0 Å². The van der Waals surface area contributed by atoms with Gasteiger partial charge in [0, 0.05) is 35.3 Å². The molecule has 0 spiro atoms. The number of benzene rings is 3. The molecule has 10 heteroatoms. The smallest absolute Gasteiger partial charge is 0.410 e. The largest absolute Gasteiger partial charge is 0.489 e. The molecule has 3 amide bonds. The van der Waals surface area contributed by atoms with Gasteiger partial charge >= 0.3 is 6.09 Å². The van der Waals surface area contributed by atoms with Gasteiger partial charge in [-0.1, -0.05) is 48.5 Å². The Kier molecular flexibility index (Phi) is 8.11. The summed E-state index contributed by atoms with van der Waals surface area (Å²) in [6, 6.07) is 25.8. The van der Waals surface area contributed by atoms with E-state index in [9.17, 15) is 14.4 Å². The Hall–Kier alpha value is -4.96. The van der Waals surface area contributed by atoms with Gasteiger partial charge in [-0.15, -0.1) is 0 Å². The topological polar surface area (TPSA) is 130 Å². The molecule has 41 heavy (non-hydrogen) atoms. The number of ether oxygens (including phenoxy) is 2. The van der Waals surface area contributed by atoms with E-state index in [2.05, 4.69) is 10.3 Å². The first-order chi connectivity index (χ1) is 19.8. The van der Waals surface area contributed by atoms with E-state index in [0.717, 1.165) is 27.7 Å². The highest BCUT2D eigenvalue weighted by atomic mass is 16.6. The van der Waals surface area contributed by atoms with Crippen molar-refractivity contribution in [2.75, 3.05) is 13.1 Å². The highest BCUT2D eigenvalue weighted by Gasteiger charge is 2.48. The molecule has 1 saturated heterocycles. The molecule has 0 atom stereocenters. The standard InChI is InChI=1S/C31H30N4O6/c1-21-15-24(26-9-5-6-10-27(26)32-21)18-40-25-13-11-23(12-14-25)29(37)33-31(16-28(36)34-39)19-35(20-31)30(38)41-17-22-7-3-2-4-8-22/h2-15,39H,16-20H2,1H3,(H,33,37)(H,34,36). The minimum atomic E-state index is -1.05. The lowest BCUT2D eigenvalue weighted by Gasteiger charge is -2.49. The third-order valence-electron chi connectivity index (χ3n) is 6.89. The van der Waals surface area contributed by atoms with E-state index in [-0.39, 0.29) is 26.1 Å². The summed E-state index contributed by atoms with van der Waals surface area (Å²) in [6.45, 7) is 2.50. The lowest BCUT2D eigenvalue weighted by atomic mass is 9.85. The van der Waals surface area contributed by atoms with Crippen LogP contribution in [0.4, 0.5) is 4.79 Å². The molecule has 5 rings (SSSR count). The molecule has 4 aromatic rings. The molecule has 210 valence electrons. The zero-order valence-corrected chi connectivity index (χ0v) is 22.5. The van der Waals surface area contributed by atoms with E-state index in [1.807, 2.05) is 67.6 Å². The number of nitrogens with zero attached hydrogens (tertiary/aromatic N) is 2.